The summed E-state index contributed by atoms with van der Waals surface area (Å²) in [7, 11) is 0. The summed E-state index contributed by atoms with van der Waals surface area (Å²) < 4.78 is 12.5. The molecule has 3 aliphatic rings. The number of benzene rings is 1. The van der Waals surface area contributed by atoms with Crippen molar-refractivity contribution in [3.05, 3.63) is 42.1 Å². The molecule has 1 saturated carbocycles. The lowest BCUT2D eigenvalue weighted by atomic mass is 9.93. The Morgan fingerprint density at radius 3 is 2.40 bits per heavy atom. The molecule has 1 aromatic carbocycles. The van der Waals surface area contributed by atoms with Crippen molar-refractivity contribution in [2.45, 2.75) is 63.6 Å². The molecule has 2 atom stereocenters. The fraction of sp³-hybridized carbons (Fsp3) is 0.562. The Labute approximate surface area is 273 Å². The van der Waals surface area contributed by atoms with Crippen LogP contribution in [-0.2, 0) is 19.1 Å². The highest BCUT2D eigenvalue weighted by Crippen LogP contribution is 2.24. The third-order valence-electron chi connectivity index (χ3n) is 8.62. The highest BCUT2D eigenvalue weighted by molar-refractivity contribution is 5.95. The third kappa shape index (κ3) is 8.58. The van der Waals surface area contributed by atoms with Gasteiger partial charge in [0.15, 0.2) is 12.3 Å². The summed E-state index contributed by atoms with van der Waals surface area (Å²) in [6.45, 7) is 3.01. The standard InChI is InChI=1S/C32H43N7O8/c1-2-3-16-46-32(45)37-14-12-36(13-15-37)27(41)19-33-30(43)25-18-29(39(35-25)23-10-5-4-6-11-23)47-21-28(42)38-20-24(40)17-26(38)31(44)34-22-8-7-9-22/h4-6,10-11,18,22,24,26,40H,2-3,7-9,12-17,19-21H2,1H3,(H,33,43)(H,34,44)/t24-,26+/m1/s1. The lowest BCUT2D eigenvalue weighted by molar-refractivity contribution is -0.140. The van der Waals surface area contributed by atoms with Gasteiger partial charge in [0.05, 0.1) is 24.9 Å². The average molecular weight is 654 g/mol. The van der Waals surface area contributed by atoms with E-state index in [1.807, 2.05) is 13.0 Å². The van der Waals surface area contributed by atoms with Gasteiger partial charge in [0.1, 0.15) is 6.04 Å². The predicted octanol–water partition coefficient (Wildman–Crippen LogP) is 0.692. The number of aliphatic hydroxyl groups excluding tert-OH is 1. The number of hydrogen-bond acceptors (Lipinski definition) is 9. The Bertz CT molecular complexity index is 1420. The summed E-state index contributed by atoms with van der Waals surface area (Å²) in [6.07, 6.45) is 3.52. The molecule has 15 nitrogen and oxygen atoms in total. The van der Waals surface area contributed by atoms with Crippen LogP contribution < -0.4 is 15.4 Å². The molecule has 0 unspecified atom stereocenters. The number of rotatable bonds is 12. The van der Waals surface area contributed by atoms with Gasteiger partial charge in [0, 0.05) is 51.3 Å². The van der Waals surface area contributed by atoms with Gasteiger partial charge in [-0.25, -0.2) is 9.48 Å². The minimum Gasteiger partial charge on any atom is -0.467 e. The van der Waals surface area contributed by atoms with E-state index in [4.69, 9.17) is 9.47 Å². The Hall–Kier alpha value is -4.66. The normalized spacial score (nSPS) is 19.6. The number of carbonyl (C=O) groups excluding carboxylic acids is 5. The summed E-state index contributed by atoms with van der Waals surface area (Å²) in [4.78, 5) is 68.6. The summed E-state index contributed by atoms with van der Waals surface area (Å²) in [5.74, 6) is -1.57. The molecule has 47 heavy (non-hydrogen) atoms. The smallest absolute Gasteiger partial charge is 0.409 e. The molecule has 1 aromatic heterocycles. The molecule has 3 fully saturated rings. The number of nitrogens with zero attached hydrogens (tertiary/aromatic N) is 5. The molecule has 2 aliphatic heterocycles. The van der Waals surface area contributed by atoms with Crippen LogP contribution in [0.3, 0.4) is 0 Å². The molecule has 15 heteroatoms. The second kappa shape index (κ2) is 15.8. The van der Waals surface area contributed by atoms with E-state index >= 15 is 0 Å². The highest BCUT2D eigenvalue weighted by atomic mass is 16.6. The maximum absolute atomic E-state index is 13.2. The van der Waals surface area contributed by atoms with Gasteiger partial charge in [-0.2, -0.15) is 5.10 Å². The maximum atomic E-state index is 13.2. The summed E-state index contributed by atoms with van der Waals surface area (Å²) >= 11 is 0. The van der Waals surface area contributed by atoms with E-state index in [2.05, 4.69) is 15.7 Å². The van der Waals surface area contributed by atoms with Crippen LogP contribution in [0.15, 0.2) is 36.4 Å². The second-order valence-corrected chi connectivity index (χ2v) is 12.0. The average Bonchev–Trinajstić information content (AvgIpc) is 3.68. The molecule has 3 heterocycles. The van der Waals surface area contributed by atoms with Gasteiger partial charge in [-0.3, -0.25) is 19.2 Å². The number of carbonyl (C=O) groups is 5. The van der Waals surface area contributed by atoms with E-state index in [0.717, 1.165) is 32.1 Å². The Morgan fingerprint density at radius 2 is 1.72 bits per heavy atom. The van der Waals surface area contributed by atoms with Crippen LogP contribution in [0.5, 0.6) is 5.88 Å². The van der Waals surface area contributed by atoms with Gasteiger partial charge < -0.3 is 39.9 Å². The van der Waals surface area contributed by atoms with Crippen LogP contribution in [0.2, 0.25) is 0 Å². The Balaban J connectivity index is 1.17. The van der Waals surface area contributed by atoms with Gasteiger partial charge in [-0.1, -0.05) is 31.5 Å². The second-order valence-electron chi connectivity index (χ2n) is 12.0. The lowest BCUT2D eigenvalue weighted by Gasteiger charge is -2.34. The van der Waals surface area contributed by atoms with Crippen molar-refractivity contribution >= 4 is 29.7 Å². The third-order valence-corrected chi connectivity index (χ3v) is 8.62. The van der Waals surface area contributed by atoms with E-state index in [9.17, 15) is 29.1 Å². The van der Waals surface area contributed by atoms with E-state index < -0.39 is 30.6 Å². The number of amides is 5. The van der Waals surface area contributed by atoms with Crippen molar-refractivity contribution in [2.75, 3.05) is 52.5 Å². The molecule has 0 bridgehead atoms. The van der Waals surface area contributed by atoms with Gasteiger partial charge in [0.25, 0.3) is 11.8 Å². The number of aliphatic hydroxyl groups is 1. The first-order chi connectivity index (χ1) is 22.7. The lowest BCUT2D eigenvalue weighted by Crippen LogP contribution is -2.52. The van der Waals surface area contributed by atoms with Crippen LogP contribution in [0.1, 0.15) is 55.9 Å². The monoisotopic (exact) mass is 653 g/mol. The van der Waals surface area contributed by atoms with Gasteiger partial charge >= 0.3 is 6.09 Å². The zero-order chi connectivity index (χ0) is 33.3. The summed E-state index contributed by atoms with van der Waals surface area (Å²) in [5.41, 5.74) is 0.545. The molecular formula is C32H43N7O8. The van der Waals surface area contributed by atoms with Crippen molar-refractivity contribution in [3.8, 4) is 11.6 Å². The van der Waals surface area contributed by atoms with E-state index in [-0.39, 0.29) is 55.0 Å². The number of unbranched alkanes of at least 4 members (excludes halogenated alkanes) is 1. The minimum absolute atomic E-state index is 0.0165. The van der Waals surface area contributed by atoms with Crippen molar-refractivity contribution in [1.29, 1.82) is 0 Å². The molecule has 3 N–H and O–H groups in total. The minimum atomic E-state index is -0.820. The van der Waals surface area contributed by atoms with Crippen molar-refractivity contribution < 1.29 is 38.6 Å². The van der Waals surface area contributed by atoms with Crippen molar-refractivity contribution in [3.63, 3.8) is 0 Å². The number of β-amino-alcohol motifs (C(OH)–C–C–N with tert-alkyl or cyclic N) is 1. The molecule has 2 saturated heterocycles. The fourth-order valence-electron chi connectivity index (χ4n) is 5.63. The largest absolute Gasteiger partial charge is 0.467 e. The van der Waals surface area contributed by atoms with Gasteiger partial charge in [-0.15, -0.1) is 0 Å². The van der Waals surface area contributed by atoms with Crippen LogP contribution in [0.25, 0.3) is 5.69 Å². The predicted molar refractivity (Wildman–Crippen MR) is 168 cm³/mol. The highest BCUT2D eigenvalue weighted by Gasteiger charge is 2.40. The van der Waals surface area contributed by atoms with Crippen LogP contribution in [0, 0.1) is 0 Å². The van der Waals surface area contributed by atoms with Crippen LogP contribution in [0.4, 0.5) is 4.79 Å². The SMILES string of the molecule is CCCCOC(=O)N1CCN(C(=O)CNC(=O)c2cc(OCC(=O)N3C[C@H](O)C[C@H]3C(=O)NC3CCC3)n(-c3ccccc3)n2)CC1. The molecule has 5 rings (SSSR count). The fourth-order valence-corrected chi connectivity index (χ4v) is 5.63. The summed E-state index contributed by atoms with van der Waals surface area (Å²) in [6, 6.07) is 9.58. The van der Waals surface area contributed by atoms with E-state index in [0.29, 0.717) is 38.5 Å². The number of aromatic nitrogens is 2. The molecule has 1 aliphatic carbocycles. The van der Waals surface area contributed by atoms with E-state index in [1.54, 1.807) is 34.1 Å². The van der Waals surface area contributed by atoms with Crippen LogP contribution in [-0.4, -0.2) is 130 Å². The Morgan fingerprint density at radius 1 is 1.00 bits per heavy atom. The summed E-state index contributed by atoms with van der Waals surface area (Å²) in [5, 5.41) is 20.2. The Kier molecular flexibility index (Phi) is 11.3. The molecule has 0 radical (unpaired) electrons. The number of likely N-dealkylation sites (tertiary alicyclic amines) is 1. The number of hydrogen-bond donors (Lipinski definition) is 3. The first-order valence-electron chi connectivity index (χ1n) is 16.3. The number of nitrogens with one attached hydrogen (secondary N) is 2. The molecule has 5 amide bonds. The molecule has 2 aromatic rings. The van der Waals surface area contributed by atoms with Crippen LogP contribution >= 0.6 is 0 Å². The topological polar surface area (TPSA) is 176 Å². The quantitative estimate of drug-likeness (QED) is 0.279. The zero-order valence-electron chi connectivity index (χ0n) is 26.6. The van der Waals surface area contributed by atoms with Crippen molar-refractivity contribution in [1.82, 2.24) is 35.1 Å². The number of ether oxygens (including phenoxy) is 2. The first kappa shape index (κ1) is 33.7. The van der Waals surface area contributed by atoms with E-state index in [1.165, 1.54) is 15.6 Å². The number of piperazine rings is 1. The van der Waals surface area contributed by atoms with Gasteiger partial charge in [-0.05, 0) is 37.8 Å². The molecular weight excluding hydrogens is 610 g/mol. The molecule has 254 valence electrons. The number of para-hydroxylation sites is 1. The maximum Gasteiger partial charge on any atom is 0.409 e. The zero-order valence-corrected chi connectivity index (χ0v) is 26.6. The van der Waals surface area contributed by atoms with Crippen molar-refractivity contribution in [2.24, 2.45) is 0 Å². The van der Waals surface area contributed by atoms with Gasteiger partial charge in [0.2, 0.25) is 17.7 Å². The first-order valence-corrected chi connectivity index (χ1v) is 16.3. The molecule has 0 spiro atoms.